The topological polar surface area (TPSA) is 138 Å². The van der Waals surface area contributed by atoms with Crippen molar-refractivity contribution in [3.8, 4) is 11.1 Å². The number of sulfonamides is 1. The predicted molar refractivity (Wildman–Crippen MR) is 145 cm³/mol. The number of aromatic nitrogens is 1. The Morgan fingerprint density at radius 2 is 1.58 bits per heavy atom. The van der Waals surface area contributed by atoms with E-state index < -0.39 is 28.0 Å². The number of hydrogen-bond donors (Lipinski definition) is 2. The second kappa shape index (κ2) is 10.6. The van der Waals surface area contributed by atoms with Gasteiger partial charge in [0.25, 0.3) is 11.5 Å². The van der Waals surface area contributed by atoms with Crippen LogP contribution >= 0.6 is 0 Å². The van der Waals surface area contributed by atoms with E-state index in [9.17, 15) is 22.8 Å². The molecule has 9 nitrogen and oxygen atoms in total. The van der Waals surface area contributed by atoms with Crippen molar-refractivity contribution < 1.29 is 22.7 Å². The normalized spacial score (nSPS) is 12.2. The molecule has 0 fully saturated rings. The summed E-state index contributed by atoms with van der Waals surface area (Å²) in [5.41, 5.74) is 2.25. The highest BCUT2D eigenvalue weighted by Crippen LogP contribution is 2.31. The summed E-state index contributed by atoms with van der Waals surface area (Å²) < 4.78 is 29.8. The first-order chi connectivity index (χ1) is 18.0. The van der Waals surface area contributed by atoms with Crippen LogP contribution in [0.1, 0.15) is 29.4 Å². The van der Waals surface area contributed by atoms with Gasteiger partial charge in [0.05, 0.1) is 4.90 Å². The molecule has 0 aliphatic heterocycles. The molecule has 0 spiro atoms. The summed E-state index contributed by atoms with van der Waals surface area (Å²) in [5, 5.41) is 8.78. The van der Waals surface area contributed by atoms with Gasteiger partial charge in [0.2, 0.25) is 10.0 Å². The Labute approximate surface area is 219 Å². The molecule has 1 amide bonds. The summed E-state index contributed by atoms with van der Waals surface area (Å²) in [6.07, 6.45) is -1.01. The second-order valence-electron chi connectivity index (χ2n) is 8.86. The van der Waals surface area contributed by atoms with Crippen molar-refractivity contribution in [2.45, 2.75) is 31.3 Å². The lowest BCUT2D eigenvalue weighted by molar-refractivity contribution is -0.124. The zero-order chi connectivity index (χ0) is 27.6. The third-order valence-corrected chi connectivity index (χ3v) is 7.13. The maximum Gasteiger partial charge on any atom is 0.356 e. The molecule has 0 aliphatic rings. The number of nitrogens with one attached hydrogen (secondary N) is 1. The maximum atomic E-state index is 13.6. The number of benzene rings is 3. The standard InChI is InChI=1S/C28H27N3O6S/c1-4-23(26(32)30-19-13-15-20(16-14-19)38(29,35)36)37-28(34)25-24(18-11-9-17(2)10-12-18)21-7-5-6-8-22(21)27(33)31(25)3/h5-16,23H,4H2,1-3H3,(H,30,32)(H2,29,35,36). The first-order valence-electron chi connectivity index (χ1n) is 11.8. The van der Waals surface area contributed by atoms with Gasteiger partial charge < -0.3 is 14.6 Å². The van der Waals surface area contributed by atoms with Gasteiger partial charge in [0.1, 0.15) is 5.69 Å². The molecule has 3 aromatic carbocycles. The van der Waals surface area contributed by atoms with Crippen molar-refractivity contribution in [3.05, 3.63) is 94.4 Å². The van der Waals surface area contributed by atoms with Crippen LogP contribution in [0.4, 0.5) is 5.69 Å². The third kappa shape index (κ3) is 5.36. The van der Waals surface area contributed by atoms with Crippen molar-refractivity contribution in [2.24, 2.45) is 12.2 Å². The summed E-state index contributed by atoms with van der Waals surface area (Å²) in [5.74, 6) is -1.43. The lowest BCUT2D eigenvalue weighted by atomic mass is 9.96. The van der Waals surface area contributed by atoms with Crippen LogP contribution < -0.4 is 16.0 Å². The molecule has 4 rings (SSSR count). The van der Waals surface area contributed by atoms with Gasteiger partial charge in [-0.15, -0.1) is 0 Å². The molecular weight excluding hydrogens is 506 g/mol. The predicted octanol–water partition coefficient (Wildman–Crippen LogP) is 3.74. The molecule has 0 bridgehead atoms. The molecule has 3 N–H and O–H groups in total. The van der Waals surface area contributed by atoms with E-state index in [0.29, 0.717) is 22.0 Å². The van der Waals surface area contributed by atoms with Crippen molar-refractivity contribution in [3.63, 3.8) is 0 Å². The molecule has 10 heteroatoms. The minimum absolute atomic E-state index is 0.0290. The number of nitrogens with two attached hydrogens (primary N) is 1. The molecule has 0 radical (unpaired) electrons. The van der Waals surface area contributed by atoms with Crippen LogP contribution in [0.25, 0.3) is 21.9 Å². The summed E-state index contributed by atoms with van der Waals surface area (Å²) in [6, 6.07) is 19.9. The van der Waals surface area contributed by atoms with Crippen LogP contribution in [0, 0.1) is 6.92 Å². The Morgan fingerprint density at radius 1 is 0.974 bits per heavy atom. The number of rotatable bonds is 7. The van der Waals surface area contributed by atoms with Gasteiger partial charge in [-0.2, -0.15) is 0 Å². The maximum absolute atomic E-state index is 13.6. The molecule has 1 heterocycles. The minimum atomic E-state index is -3.88. The summed E-state index contributed by atoms with van der Waals surface area (Å²) >= 11 is 0. The number of amides is 1. The molecule has 1 unspecified atom stereocenters. The number of primary sulfonamides is 1. The highest BCUT2D eigenvalue weighted by Gasteiger charge is 2.28. The number of fused-ring (bicyclic) bond motifs is 1. The SMILES string of the molecule is CCC(OC(=O)c1c(-c2ccc(C)cc2)c2ccccc2c(=O)n1C)C(=O)Nc1ccc(S(N)(=O)=O)cc1. The number of carbonyl (C=O) groups is 2. The number of anilines is 1. The van der Waals surface area contributed by atoms with E-state index in [1.807, 2.05) is 31.2 Å². The average molecular weight is 534 g/mol. The first-order valence-corrected chi connectivity index (χ1v) is 13.4. The number of hydrogen-bond acceptors (Lipinski definition) is 6. The zero-order valence-electron chi connectivity index (χ0n) is 21.1. The minimum Gasteiger partial charge on any atom is -0.448 e. The fraction of sp³-hybridized carbons (Fsp3) is 0.179. The van der Waals surface area contributed by atoms with Gasteiger partial charge in [-0.3, -0.25) is 9.59 Å². The highest BCUT2D eigenvalue weighted by molar-refractivity contribution is 7.89. The van der Waals surface area contributed by atoms with E-state index in [0.717, 1.165) is 11.1 Å². The van der Waals surface area contributed by atoms with Gasteiger partial charge >= 0.3 is 5.97 Å². The number of pyridine rings is 1. The summed E-state index contributed by atoms with van der Waals surface area (Å²) in [6.45, 7) is 3.63. The van der Waals surface area contributed by atoms with E-state index in [1.54, 1.807) is 31.2 Å². The van der Waals surface area contributed by atoms with Crippen molar-refractivity contribution >= 4 is 38.4 Å². The van der Waals surface area contributed by atoms with Gasteiger partial charge in [-0.05, 0) is 54.6 Å². The molecule has 38 heavy (non-hydrogen) atoms. The average Bonchev–Trinajstić information content (AvgIpc) is 2.89. The Kier molecular flexibility index (Phi) is 7.47. The molecule has 1 aromatic heterocycles. The Balaban J connectivity index is 1.70. The number of carbonyl (C=O) groups excluding carboxylic acids is 2. The number of esters is 1. The van der Waals surface area contributed by atoms with Crippen molar-refractivity contribution in [1.29, 1.82) is 0 Å². The second-order valence-corrected chi connectivity index (χ2v) is 10.4. The van der Waals surface area contributed by atoms with Crippen molar-refractivity contribution in [2.75, 3.05) is 5.32 Å². The van der Waals surface area contributed by atoms with Crippen LogP contribution in [-0.2, 0) is 26.6 Å². The Bertz CT molecular complexity index is 1690. The monoisotopic (exact) mass is 533 g/mol. The smallest absolute Gasteiger partial charge is 0.356 e. The van der Waals surface area contributed by atoms with E-state index in [2.05, 4.69) is 5.32 Å². The first kappa shape index (κ1) is 26.8. The fourth-order valence-electron chi connectivity index (χ4n) is 4.17. The lowest BCUT2D eigenvalue weighted by Crippen LogP contribution is -2.34. The van der Waals surface area contributed by atoms with E-state index in [-0.39, 0.29) is 22.6 Å². The number of ether oxygens (including phenoxy) is 1. The van der Waals surface area contributed by atoms with Crippen LogP contribution in [0.5, 0.6) is 0 Å². The fourth-order valence-corrected chi connectivity index (χ4v) is 4.69. The van der Waals surface area contributed by atoms with Crippen molar-refractivity contribution in [1.82, 2.24) is 4.57 Å². The molecule has 0 saturated heterocycles. The van der Waals surface area contributed by atoms with Gasteiger partial charge in [0, 0.05) is 23.7 Å². The number of nitrogens with zero attached hydrogens (tertiary/aromatic N) is 1. The lowest BCUT2D eigenvalue weighted by Gasteiger charge is -2.20. The largest absolute Gasteiger partial charge is 0.448 e. The van der Waals surface area contributed by atoms with Crippen LogP contribution in [0.2, 0.25) is 0 Å². The highest BCUT2D eigenvalue weighted by atomic mass is 32.2. The molecular formula is C28H27N3O6S. The van der Waals surface area contributed by atoms with E-state index in [1.165, 1.54) is 35.9 Å². The Morgan fingerprint density at radius 3 is 2.16 bits per heavy atom. The third-order valence-electron chi connectivity index (χ3n) is 6.20. The summed E-state index contributed by atoms with van der Waals surface area (Å²) in [4.78, 5) is 39.6. The summed E-state index contributed by atoms with van der Waals surface area (Å²) in [7, 11) is -2.38. The van der Waals surface area contributed by atoms with Crippen LogP contribution in [0.15, 0.2) is 82.5 Å². The molecule has 0 saturated carbocycles. The van der Waals surface area contributed by atoms with E-state index in [4.69, 9.17) is 9.88 Å². The molecule has 1 atom stereocenters. The molecule has 0 aliphatic carbocycles. The molecule has 4 aromatic rings. The van der Waals surface area contributed by atoms with Gasteiger partial charge in [-0.25, -0.2) is 18.4 Å². The van der Waals surface area contributed by atoms with Gasteiger partial charge in [0.15, 0.2) is 6.10 Å². The van der Waals surface area contributed by atoms with Crippen LogP contribution in [-0.4, -0.2) is 31.0 Å². The molecule has 196 valence electrons. The van der Waals surface area contributed by atoms with Gasteiger partial charge in [-0.1, -0.05) is 55.0 Å². The zero-order valence-corrected chi connectivity index (χ0v) is 21.9. The Hall–Kier alpha value is -4.28. The number of aryl methyl sites for hydroxylation is 1. The quantitative estimate of drug-likeness (QED) is 0.347. The van der Waals surface area contributed by atoms with Crippen LogP contribution in [0.3, 0.4) is 0 Å². The van der Waals surface area contributed by atoms with E-state index >= 15 is 0 Å².